The van der Waals surface area contributed by atoms with Gasteiger partial charge in [0.25, 0.3) is 0 Å². The van der Waals surface area contributed by atoms with E-state index in [-0.39, 0.29) is 24.0 Å². The van der Waals surface area contributed by atoms with E-state index in [2.05, 4.69) is 5.73 Å². The number of quaternary nitrogens is 1. The van der Waals surface area contributed by atoms with Crippen LogP contribution in [-0.2, 0) is 9.53 Å². The molecule has 0 aromatic heterocycles. The number of hydrogen-bond donors (Lipinski definition) is 2. The van der Waals surface area contributed by atoms with Gasteiger partial charge in [0.15, 0.2) is 0 Å². The normalized spacial score (nSPS) is 49.1. The number of ether oxygens (including phenoxy) is 1. The average Bonchev–Trinajstić information content (AvgIpc) is 2.37. The van der Waals surface area contributed by atoms with Crippen LogP contribution in [0.5, 0.6) is 0 Å². The third kappa shape index (κ3) is 0.937. The second kappa shape index (κ2) is 2.19. The summed E-state index contributed by atoms with van der Waals surface area (Å²) in [6.45, 7) is 0. The molecular weight excluding hydrogens is 146 g/mol. The van der Waals surface area contributed by atoms with Crippen molar-refractivity contribution in [3.8, 4) is 0 Å². The van der Waals surface area contributed by atoms with E-state index in [1.807, 2.05) is 0 Å². The SMILES string of the molecule is [NH3+][C@@H]1C[C@H]2CC(=O)O[C@H]2[C@@H]1O. The Hall–Kier alpha value is -0.610. The van der Waals surface area contributed by atoms with Gasteiger partial charge in [-0.2, -0.15) is 0 Å². The van der Waals surface area contributed by atoms with Crippen LogP contribution in [0.1, 0.15) is 12.8 Å². The Labute approximate surface area is 64.3 Å². The fourth-order valence-electron chi connectivity index (χ4n) is 1.99. The topological polar surface area (TPSA) is 74.2 Å². The van der Waals surface area contributed by atoms with E-state index in [1.165, 1.54) is 0 Å². The molecule has 2 fully saturated rings. The van der Waals surface area contributed by atoms with Gasteiger partial charge >= 0.3 is 5.97 Å². The van der Waals surface area contributed by atoms with Crippen molar-refractivity contribution in [2.75, 3.05) is 0 Å². The zero-order chi connectivity index (χ0) is 8.01. The van der Waals surface area contributed by atoms with Crippen LogP contribution in [0.25, 0.3) is 0 Å². The number of hydrogen-bond acceptors (Lipinski definition) is 3. The average molecular weight is 158 g/mol. The van der Waals surface area contributed by atoms with Crippen LogP contribution >= 0.6 is 0 Å². The predicted octanol–water partition coefficient (Wildman–Crippen LogP) is -1.71. The predicted molar refractivity (Wildman–Crippen MR) is 35.3 cm³/mol. The molecule has 0 bridgehead atoms. The molecule has 4 atom stereocenters. The fourth-order valence-corrected chi connectivity index (χ4v) is 1.99. The summed E-state index contributed by atoms with van der Waals surface area (Å²) in [6, 6.07) is 0.0399. The third-order valence-electron chi connectivity index (χ3n) is 2.59. The molecule has 0 unspecified atom stereocenters. The lowest BCUT2D eigenvalue weighted by Crippen LogP contribution is -2.65. The van der Waals surface area contributed by atoms with Crippen LogP contribution in [0.3, 0.4) is 0 Å². The van der Waals surface area contributed by atoms with E-state index in [9.17, 15) is 9.90 Å². The first-order chi connectivity index (χ1) is 5.18. The van der Waals surface area contributed by atoms with Crippen LogP contribution in [0.2, 0.25) is 0 Å². The molecule has 1 saturated heterocycles. The van der Waals surface area contributed by atoms with Gasteiger partial charge in [0, 0.05) is 12.3 Å². The van der Waals surface area contributed by atoms with Gasteiger partial charge in [-0.25, -0.2) is 0 Å². The second-order valence-corrected chi connectivity index (χ2v) is 3.41. The summed E-state index contributed by atoms with van der Waals surface area (Å²) >= 11 is 0. The zero-order valence-electron chi connectivity index (χ0n) is 6.19. The minimum Gasteiger partial charge on any atom is -0.459 e. The van der Waals surface area contributed by atoms with E-state index in [1.54, 1.807) is 0 Å². The molecule has 1 heterocycles. The molecule has 0 spiro atoms. The standard InChI is InChI=1S/C7H11NO3/c8-4-1-3-2-5(9)11-7(3)6(4)10/h3-4,6-7,10H,1-2,8H2/p+1/t3-,4+,6+,7+/m0/s1. The molecule has 0 radical (unpaired) electrons. The first kappa shape index (κ1) is 7.06. The highest BCUT2D eigenvalue weighted by Crippen LogP contribution is 2.35. The molecule has 2 rings (SSSR count). The van der Waals surface area contributed by atoms with Crippen molar-refractivity contribution in [2.24, 2.45) is 5.92 Å². The molecule has 0 amide bonds. The Morgan fingerprint density at radius 3 is 3.00 bits per heavy atom. The van der Waals surface area contributed by atoms with Gasteiger partial charge in [0.2, 0.25) is 0 Å². The van der Waals surface area contributed by atoms with E-state index in [4.69, 9.17) is 4.74 Å². The fraction of sp³-hybridized carbons (Fsp3) is 0.857. The highest BCUT2D eigenvalue weighted by molar-refractivity contribution is 5.72. The minimum atomic E-state index is -0.536. The van der Waals surface area contributed by atoms with E-state index in [0.29, 0.717) is 6.42 Å². The molecule has 4 heteroatoms. The largest absolute Gasteiger partial charge is 0.459 e. The van der Waals surface area contributed by atoms with Crippen LogP contribution in [-0.4, -0.2) is 29.3 Å². The summed E-state index contributed by atoms with van der Waals surface area (Å²) < 4.78 is 4.94. The first-order valence-electron chi connectivity index (χ1n) is 3.89. The quantitative estimate of drug-likeness (QED) is 0.412. The van der Waals surface area contributed by atoms with E-state index < -0.39 is 6.10 Å². The Morgan fingerprint density at radius 1 is 1.64 bits per heavy atom. The van der Waals surface area contributed by atoms with Crippen molar-refractivity contribution in [1.82, 2.24) is 0 Å². The molecule has 1 aliphatic carbocycles. The van der Waals surface area contributed by atoms with Gasteiger partial charge in [0.05, 0.1) is 6.42 Å². The monoisotopic (exact) mass is 158 g/mol. The molecular formula is C7H12NO3+. The van der Waals surface area contributed by atoms with Crippen LogP contribution < -0.4 is 5.73 Å². The molecule has 1 aliphatic heterocycles. The summed E-state index contributed by atoms with van der Waals surface area (Å²) in [5, 5.41) is 9.45. The van der Waals surface area contributed by atoms with Crippen LogP contribution in [0, 0.1) is 5.92 Å². The van der Waals surface area contributed by atoms with Gasteiger partial charge in [-0.15, -0.1) is 0 Å². The molecule has 4 N–H and O–H groups in total. The summed E-state index contributed by atoms with van der Waals surface area (Å²) in [7, 11) is 0. The van der Waals surface area contributed by atoms with Crippen LogP contribution in [0.4, 0.5) is 0 Å². The van der Waals surface area contributed by atoms with Gasteiger partial charge in [-0.3, -0.25) is 4.79 Å². The molecule has 4 nitrogen and oxygen atoms in total. The highest BCUT2D eigenvalue weighted by atomic mass is 16.6. The Bertz CT molecular complexity index is 194. The van der Waals surface area contributed by atoms with Gasteiger partial charge in [-0.05, 0) is 0 Å². The first-order valence-corrected chi connectivity index (χ1v) is 3.89. The number of carbonyl (C=O) groups is 1. The van der Waals surface area contributed by atoms with Crippen molar-refractivity contribution < 1.29 is 20.4 Å². The lowest BCUT2D eigenvalue weighted by molar-refractivity contribution is -0.434. The number of fused-ring (bicyclic) bond motifs is 1. The summed E-state index contributed by atoms with van der Waals surface area (Å²) in [4.78, 5) is 10.8. The van der Waals surface area contributed by atoms with Gasteiger partial charge in [-0.1, -0.05) is 0 Å². The van der Waals surface area contributed by atoms with Crippen molar-refractivity contribution in [3.05, 3.63) is 0 Å². The minimum absolute atomic E-state index is 0.0399. The van der Waals surface area contributed by atoms with Crippen LogP contribution in [0.15, 0.2) is 0 Å². The maximum atomic E-state index is 10.8. The van der Waals surface area contributed by atoms with Crippen molar-refractivity contribution >= 4 is 5.97 Å². The van der Waals surface area contributed by atoms with E-state index >= 15 is 0 Å². The molecule has 1 saturated carbocycles. The lowest BCUT2D eigenvalue weighted by Gasteiger charge is -2.11. The number of carbonyl (C=O) groups excluding carboxylic acids is 1. The molecule has 0 aromatic rings. The number of aliphatic hydroxyl groups excluding tert-OH is 1. The maximum Gasteiger partial charge on any atom is 0.306 e. The Balaban J connectivity index is 2.13. The molecule has 62 valence electrons. The molecule has 0 aromatic carbocycles. The van der Waals surface area contributed by atoms with Gasteiger partial charge < -0.3 is 15.6 Å². The lowest BCUT2D eigenvalue weighted by atomic mass is 10.0. The van der Waals surface area contributed by atoms with Crippen molar-refractivity contribution in [3.63, 3.8) is 0 Å². The number of rotatable bonds is 0. The summed E-state index contributed by atoms with van der Waals surface area (Å²) in [5.41, 5.74) is 3.78. The molecule has 2 aliphatic rings. The smallest absolute Gasteiger partial charge is 0.306 e. The number of aliphatic hydroxyl groups is 1. The summed E-state index contributed by atoms with van der Waals surface area (Å²) in [6.07, 6.45) is 0.488. The van der Waals surface area contributed by atoms with Crippen molar-refractivity contribution in [1.29, 1.82) is 0 Å². The summed E-state index contributed by atoms with van der Waals surface area (Å²) in [5.74, 6) is 0.0472. The maximum absolute atomic E-state index is 10.8. The highest BCUT2D eigenvalue weighted by Gasteiger charge is 2.50. The zero-order valence-corrected chi connectivity index (χ0v) is 6.19. The van der Waals surface area contributed by atoms with Gasteiger partial charge in [0.1, 0.15) is 18.2 Å². The van der Waals surface area contributed by atoms with Crippen molar-refractivity contribution in [2.45, 2.75) is 31.1 Å². The second-order valence-electron chi connectivity index (χ2n) is 3.41. The van der Waals surface area contributed by atoms with E-state index in [0.717, 1.165) is 6.42 Å². The Kier molecular flexibility index (Phi) is 1.40. The number of esters is 1. The molecule has 11 heavy (non-hydrogen) atoms. The third-order valence-corrected chi connectivity index (χ3v) is 2.59. The Morgan fingerprint density at radius 2 is 2.36 bits per heavy atom.